The predicted molar refractivity (Wildman–Crippen MR) is 124 cm³/mol. The molecule has 0 saturated carbocycles. The zero-order valence-electron chi connectivity index (χ0n) is 18.6. The summed E-state index contributed by atoms with van der Waals surface area (Å²) in [5, 5.41) is 0.500. The van der Waals surface area contributed by atoms with Crippen LogP contribution in [0.4, 0.5) is 0 Å². The summed E-state index contributed by atoms with van der Waals surface area (Å²) < 4.78 is 46.6. The number of benzene rings is 2. The highest BCUT2D eigenvalue weighted by Crippen LogP contribution is 2.29. The number of rotatable bonds is 9. The molecule has 1 N–H and O–H groups in total. The van der Waals surface area contributed by atoms with Gasteiger partial charge in [0.25, 0.3) is 0 Å². The highest BCUT2D eigenvalue weighted by atomic mass is 32.2. The average molecular weight is 472 g/mol. The zero-order valence-corrected chi connectivity index (χ0v) is 19.4. The Labute approximate surface area is 191 Å². The summed E-state index contributed by atoms with van der Waals surface area (Å²) in [7, 11) is -2.05. The lowest BCUT2D eigenvalue weighted by atomic mass is 10.1. The van der Waals surface area contributed by atoms with Gasteiger partial charge in [-0.25, -0.2) is 22.9 Å². The summed E-state index contributed by atoms with van der Waals surface area (Å²) in [4.78, 5) is 16.2. The van der Waals surface area contributed by atoms with Gasteiger partial charge in [0.1, 0.15) is 5.58 Å². The Morgan fingerprint density at radius 1 is 1.06 bits per heavy atom. The summed E-state index contributed by atoms with van der Waals surface area (Å²) in [5.74, 6) is 1.30. The van der Waals surface area contributed by atoms with E-state index in [0.29, 0.717) is 47.6 Å². The van der Waals surface area contributed by atoms with Crippen LogP contribution < -0.4 is 19.8 Å². The average Bonchev–Trinajstić information content (AvgIpc) is 3.18. The predicted octanol–water partition coefficient (Wildman–Crippen LogP) is 3.00. The normalized spacial score (nSPS) is 11.8. The first-order valence-electron chi connectivity index (χ1n) is 10.6. The Balaban J connectivity index is 1.55. The molecule has 9 nitrogen and oxygen atoms in total. The molecule has 0 fully saturated rings. The first-order chi connectivity index (χ1) is 15.8. The molecule has 0 unspecified atom stereocenters. The molecule has 0 aliphatic heterocycles. The molecule has 0 spiro atoms. The van der Waals surface area contributed by atoms with Gasteiger partial charge in [-0.15, -0.1) is 0 Å². The monoisotopic (exact) mass is 471 g/mol. The molecule has 2 aromatic carbocycles. The van der Waals surface area contributed by atoms with Crippen LogP contribution in [0.25, 0.3) is 22.0 Å². The number of nitrogens with one attached hydrogen (secondary N) is 1. The van der Waals surface area contributed by atoms with Crippen molar-refractivity contribution in [3.05, 3.63) is 58.7 Å². The lowest BCUT2D eigenvalue weighted by molar-refractivity contribution is 0.287. The summed E-state index contributed by atoms with van der Waals surface area (Å²) in [5.41, 5.74) is 1.34. The van der Waals surface area contributed by atoms with Crippen LogP contribution in [0.5, 0.6) is 11.5 Å². The van der Waals surface area contributed by atoms with Crippen molar-refractivity contribution in [2.45, 2.75) is 25.2 Å². The highest BCUT2D eigenvalue weighted by Gasteiger charge is 2.18. The Bertz CT molecular complexity index is 1470. The summed E-state index contributed by atoms with van der Waals surface area (Å²) in [6, 6.07) is 9.97. The van der Waals surface area contributed by atoms with Crippen molar-refractivity contribution in [1.29, 1.82) is 0 Å². The quantitative estimate of drug-likeness (QED) is 0.373. The lowest BCUT2D eigenvalue weighted by Crippen LogP contribution is -2.26. The fourth-order valence-corrected chi connectivity index (χ4v) is 4.72. The molecule has 2 aromatic heterocycles. The van der Waals surface area contributed by atoms with Gasteiger partial charge in [0, 0.05) is 19.0 Å². The minimum Gasteiger partial charge on any atom is -0.490 e. The second-order valence-corrected chi connectivity index (χ2v) is 9.16. The van der Waals surface area contributed by atoms with E-state index in [0.717, 1.165) is 5.56 Å². The van der Waals surface area contributed by atoms with Crippen molar-refractivity contribution in [1.82, 2.24) is 14.3 Å². The fraction of sp³-hybridized carbons (Fsp3) is 0.304. The van der Waals surface area contributed by atoms with Gasteiger partial charge in [0.15, 0.2) is 17.0 Å². The van der Waals surface area contributed by atoms with E-state index in [2.05, 4.69) is 9.71 Å². The first kappa shape index (κ1) is 22.8. The molecule has 174 valence electrons. The van der Waals surface area contributed by atoms with E-state index in [-0.39, 0.29) is 17.0 Å². The van der Waals surface area contributed by atoms with Crippen LogP contribution in [0.2, 0.25) is 0 Å². The Hall–Kier alpha value is -3.37. The number of aromatic nitrogens is 2. The molecule has 0 aliphatic carbocycles. The molecule has 0 atom stereocenters. The van der Waals surface area contributed by atoms with E-state index >= 15 is 0 Å². The molecule has 0 radical (unpaired) electrons. The number of fused-ring (bicyclic) bond motifs is 3. The number of sulfonamides is 1. The maximum Gasteiger partial charge on any atom is 0.364 e. The number of hydrogen-bond donors (Lipinski definition) is 1. The Morgan fingerprint density at radius 3 is 2.58 bits per heavy atom. The molecule has 0 saturated heterocycles. The Morgan fingerprint density at radius 2 is 1.82 bits per heavy atom. The van der Waals surface area contributed by atoms with Gasteiger partial charge in [-0.05, 0) is 56.2 Å². The zero-order chi connectivity index (χ0) is 23.6. The number of hydrogen-bond acceptors (Lipinski definition) is 7. The maximum atomic E-state index is 12.9. The molecule has 0 amide bonds. The van der Waals surface area contributed by atoms with E-state index in [1.54, 1.807) is 11.6 Å². The molecule has 4 rings (SSSR count). The first-order valence-corrected chi connectivity index (χ1v) is 12.1. The van der Waals surface area contributed by atoms with Crippen molar-refractivity contribution < 1.29 is 22.3 Å². The summed E-state index contributed by atoms with van der Waals surface area (Å²) in [6.45, 7) is 5.02. The molecular weight excluding hydrogens is 446 g/mol. The Kier molecular flexibility index (Phi) is 6.39. The highest BCUT2D eigenvalue weighted by molar-refractivity contribution is 7.89. The van der Waals surface area contributed by atoms with Crippen molar-refractivity contribution >= 4 is 32.0 Å². The lowest BCUT2D eigenvalue weighted by Gasteiger charge is -2.13. The molecular formula is C23H25N3O6S. The minimum absolute atomic E-state index is 0.0769. The minimum atomic E-state index is -3.79. The van der Waals surface area contributed by atoms with E-state index in [9.17, 15) is 13.2 Å². The van der Waals surface area contributed by atoms with Gasteiger partial charge in [0.05, 0.1) is 30.0 Å². The second-order valence-electron chi connectivity index (χ2n) is 7.40. The van der Waals surface area contributed by atoms with Gasteiger partial charge in [-0.3, -0.25) is 0 Å². The number of ether oxygens (including phenoxy) is 2. The van der Waals surface area contributed by atoms with Crippen molar-refractivity contribution in [2.75, 3.05) is 19.8 Å². The van der Waals surface area contributed by atoms with Crippen LogP contribution in [-0.2, 0) is 23.5 Å². The second kappa shape index (κ2) is 9.24. The third kappa shape index (κ3) is 4.57. The number of imidazole rings is 1. The molecule has 4 aromatic rings. The van der Waals surface area contributed by atoms with Gasteiger partial charge in [0.2, 0.25) is 10.0 Å². The van der Waals surface area contributed by atoms with Crippen molar-refractivity contribution in [2.24, 2.45) is 7.05 Å². The number of aryl methyl sites for hydroxylation is 1. The van der Waals surface area contributed by atoms with Crippen LogP contribution in [-0.4, -0.2) is 37.7 Å². The van der Waals surface area contributed by atoms with E-state index in [1.807, 2.05) is 32.0 Å². The van der Waals surface area contributed by atoms with Gasteiger partial charge in [-0.2, -0.15) is 0 Å². The van der Waals surface area contributed by atoms with Crippen molar-refractivity contribution in [3.8, 4) is 11.5 Å². The molecule has 0 aliphatic rings. The molecule has 10 heteroatoms. The summed E-state index contributed by atoms with van der Waals surface area (Å²) >= 11 is 0. The molecule has 33 heavy (non-hydrogen) atoms. The maximum absolute atomic E-state index is 12.9. The van der Waals surface area contributed by atoms with Gasteiger partial charge >= 0.3 is 5.63 Å². The third-order valence-electron chi connectivity index (χ3n) is 5.16. The van der Waals surface area contributed by atoms with Crippen molar-refractivity contribution in [3.63, 3.8) is 0 Å². The number of nitrogens with zero attached hydrogens (tertiary/aromatic N) is 2. The summed E-state index contributed by atoms with van der Waals surface area (Å²) in [6.07, 6.45) is 1.97. The standard InChI is InChI=1S/C23H25N3O6S/c1-4-30-19-8-6-15(12-20(19)31-5-2)10-11-25-33(28,29)16-7-9-18-17(13-16)22-21(23(27)32-18)24-14-26(22)3/h6-9,12-14,25H,4-5,10-11H2,1-3H3. The van der Waals surface area contributed by atoms with E-state index in [1.165, 1.54) is 24.5 Å². The SMILES string of the molecule is CCOc1ccc(CCNS(=O)(=O)c2ccc3oc(=O)c4ncn(C)c4c3c2)cc1OCC. The smallest absolute Gasteiger partial charge is 0.364 e. The largest absolute Gasteiger partial charge is 0.490 e. The van der Waals surface area contributed by atoms with E-state index < -0.39 is 15.6 Å². The van der Waals surface area contributed by atoms with Gasteiger partial charge in [-0.1, -0.05) is 6.07 Å². The van der Waals surface area contributed by atoms with Crippen LogP contribution >= 0.6 is 0 Å². The van der Waals surface area contributed by atoms with Crippen LogP contribution in [0.1, 0.15) is 19.4 Å². The van der Waals surface area contributed by atoms with Crippen LogP contribution in [0.15, 0.2) is 56.8 Å². The fourth-order valence-electron chi connectivity index (χ4n) is 3.66. The third-order valence-corrected chi connectivity index (χ3v) is 6.62. The van der Waals surface area contributed by atoms with Gasteiger partial charge < -0.3 is 18.5 Å². The topological polar surface area (TPSA) is 113 Å². The molecule has 2 heterocycles. The van der Waals surface area contributed by atoms with Crippen LogP contribution in [0.3, 0.4) is 0 Å². The van der Waals surface area contributed by atoms with E-state index in [4.69, 9.17) is 13.9 Å². The van der Waals surface area contributed by atoms with Crippen LogP contribution in [0, 0.1) is 0 Å². The molecule has 0 bridgehead atoms.